The first-order valence-corrected chi connectivity index (χ1v) is 6.99. The fourth-order valence-corrected chi connectivity index (χ4v) is 2.83. The summed E-state index contributed by atoms with van der Waals surface area (Å²) < 4.78 is 21.1. The highest BCUT2D eigenvalue weighted by atomic mass is 19.1. The third-order valence-electron chi connectivity index (χ3n) is 3.80. The van der Waals surface area contributed by atoms with Crippen LogP contribution in [-0.4, -0.2) is 27.7 Å². The molecule has 0 saturated carbocycles. The fraction of sp³-hybridized carbons (Fsp3) is 0.250. The summed E-state index contributed by atoms with van der Waals surface area (Å²) in [5, 5.41) is 0. The van der Waals surface area contributed by atoms with E-state index in [1.54, 1.807) is 12.3 Å². The van der Waals surface area contributed by atoms with Gasteiger partial charge in [0, 0.05) is 18.4 Å². The zero-order valence-electron chi connectivity index (χ0n) is 11.4. The molecule has 0 radical (unpaired) electrons. The van der Waals surface area contributed by atoms with E-state index in [0.29, 0.717) is 6.61 Å². The minimum Gasteiger partial charge on any atom is -0.379 e. The minimum atomic E-state index is -0.262. The Labute approximate surface area is 121 Å². The van der Waals surface area contributed by atoms with Gasteiger partial charge in [-0.1, -0.05) is 12.1 Å². The van der Waals surface area contributed by atoms with E-state index in [9.17, 15) is 4.39 Å². The molecule has 1 aromatic carbocycles. The maximum Gasteiger partial charge on any atom is 0.160 e. The van der Waals surface area contributed by atoms with Crippen LogP contribution in [0, 0.1) is 5.82 Å². The summed E-state index contributed by atoms with van der Waals surface area (Å²) in [5.74, 6) is 0.487. The van der Waals surface area contributed by atoms with Crippen molar-refractivity contribution in [3.8, 4) is 11.4 Å². The molecule has 1 aliphatic rings. The molecule has 0 spiro atoms. The molecule has 5 heteroatoms. The SMILES string of the molecule is Fc1cccc(-c2nc3cccnc3n2C2CCOC2)c1. The van der Waals surface area contributed by atoms with E-state index in [1.807, 2.05) is 18.2 Å². The predicted octanol–water partition coefficient (Wildman–Crippen LogP) is 3.20. The third kappa shape index (κ3) is 2.10. The van der Waals surface area contributed by atoms with Crippen molar-refractivity contribution in [3.63, 3.8) is 0 Å². The third-order valence-corrected chi connectivity index (χ3v) is 3.80. The Morgan fingerprint density at radius 2 is 2.19 bits per heavy atom. The maximum absolute atomic E-state index is 13.5. The summed E-state index contributed by atoms with van der Waals surface area (Å²) in [6, 6.07) is 10.5. The Morgan fingerprint density at radius 3 is 3.00 bits per heavy atom. The van der Waals surface area contributed by atoms with E-state index >= 15 is 0 Å². The highest BCUT2D eigenvalue weighted by Gasteiger charge is 2.24. The second-order valence-corrected chi connectivity index (χ2v) is 5.18. The number of hydrogen-bond donors (Lipinski definition) is 0. The standard InChI is InChI=1S/C16H14FN3O/c17-12-4-1-3-11(9-12)15-19-14-5-2-7-18-16(14)20(15)13-6-8-21-10-13/h1-5,7,9,13H,6,8,10H2. The topological polar surface area (TPSA) is 39.9 Å². The number of pyridine rings is 1. The number of nitrogens with zero attached hydrogens (tertiary/aromatic N) is 3. The van der Waals surface area contributed by atoms with Gasteiger partial charge in [0.1, 0.15) is 17.2 Å². The number of halogens is 1. The average Bonchev–Trinajstić information content (AvgIpc) is 3.14. The van der Waals surface area contributed by atoms with Crippen LogP contribution in [0.4, 0.5) is 4.39 Å². The Morgan fingerprint density at radius 1 is 1.24 bits per heavy atom. The van der Waals surface area contributed by atoms with Gasteiger partial charge in [-0.3, -0.25) is 0 Å². The molecule has 0 amide bonds. The van der Waals surface area contributed by atoms with E-state index in [-0.39, 0.29) is 11.9 Å². The number of rotatable bonds is 2. The number of hydrogen-bond acceptors (Lipinski definition) is 3. The molecule has 0 bridgehead atoms. The van der Waals surface area contributed by atoms with Crippen molar-refractivity contribution in [3.05, 3.63) is 48.4 Å². The first-order chi connectivity index (χ1) is 10.3. The molecule has 4 rings (SSSR count). The van der Waals surface area contributed by atoms with Crippen molar-refractivity contribution < 1.29 is 9.13 Å². The summed E-state index contributed by atoms with van der Waals surface area (Å²) in [7, 11) is 0. The van der Waals surface area contributed by atoms with Crippen LogP contribution in [0.1, 0.15) is 12.5 Å². The summed E-state index contributed by atoms with van der Waals surface area (Å²) in [5.41, 5.74) is 2.41. The first kappa shape index (κ1) is 12.5. The quantitative estimate of drug-likeness (QED) is 0.725. The fourth-order valence-electron chi connectivity index (χ4n) is 2.83. The summed E-state index contributed by atoms with van der Waals surface area (Å²) >= 11 is 0. The lowest BCUT2D eigenvalue weighted by molar-refractivity contribution is 0.187. The second-order valence-electron chi connectivity index (χ2n) is 5.18. The molecule has 21 heavy (non-hydrogen) atoms. The van der Waals surface area contributed by atoms with Gasteiger partial charge >= 0.3 is 0 Å². The molecule has 3 aromatic rings. The smallest absolute Gasteiger partial charge is 0.160 e. The molecule has 3 heterocycles. The van der Waals surface area contributed by atoms with Crippen molar-refractivity contribution in [2.24, 2.45) is 0 Å². The van der Waals surface area contributed by atoms with Crippen LogP contribution in [-0.2, 0) is 4.74 Å². The molecule has 4 nitrogen and oxygen atoms in total. The van der Waals surface area contributed by atoms with Gasteiger partial charge in [-0.25, -0.2) is 14.4 Å². The van der Waals surface area contributed by atoms with E-state index < -0.39 is 0 Å². The molecular weight excluding hydrogens is 269 g/mol. The van der Waals surface area contributed by atoms with Crippen LogP contribution in [0.2, 0.25) is 0 Å². The van der Waals surface area contributed by atoms with Crippen molar-refractivity contribution in [1.82, 2.24) is 14.5 Å². The molecule has 1 fully saturated rings. The summed E-state index contributed by atoms with van der Waals surface area (Å²) in [4.78, 5) is 9.09. The van der Waals surface area contributed by atoms with Crippen LogP contribution in [0.25, 0.3) is 22.6 Å². The highest BCUT2D eigenvalue weighted by molar-refractivity contribution is 5.77. The molecule has 1 unspecified atom stereocenters. The Kier molecular flexibility index (Phi) is 2.93. The number of fused-ring (bicyclic) bond motifs is 1. The van der Waals surface area contributed by atoms with E-state index in [1.165, 1.54) is 12.1 Å². The lowest BCUT2D eigenvalue weighted by atomic mass is 10.2. The zero-order chi connectivity index (χ0) is 14.2. The molecule has 0 N–H and O–H groups in total. The lowest BCUT2D eigenvalue weighted by Crippen LogP contribution is -2.10. The van der Waals surface area contributed by atoms with Gasteiger partial charge in [0.15, 0.2) is 5.65 Å². The van der Waals surface area contributed by atoms with Gasteiger partial charge in [-0.15, -0.1) is 0 Å². The van der Waals surface area contributed by atoms with Crippen molar-refractivity contribution in [1.29, 1.82) is 0 Å². The highest BCUT2D eigenvalue weighted by Crippen LogP contribution is 2.31. The number of benzene rings is 1. The van der Waals surface area contributed by atoms with Crippen LogP contribution >= 0.6 is 0 Å². The minimum absolute atomic E-state index is 0.197. The Bertz CT molecular complexity index is 793. The van der Waals surface area contributed by atoms with Gasteiger partial charge in [0.05, 0.1) is 12.6 Å². The molecule has 1 aliphatic heterocycles. The van der Waals surface area contributed by atoms with Gasteiger partial charge in [0.2, 0.25) is 0 Å². The van der Waals surface area contributed by atoms with Crippen LogP contribution in [0.15, 0.2) is 42.6 Å². The van der Waals surface area contributed by atoms with Gasteiger partial charge in [-0.2, -0.15) is 0 Å². The number of aromatic nitrogens is 3. The first-order valence-electron chi connectivity index (χ1n) is 6.99. The van der Waals surface area contributed by atoms with E-state index in [4.69, 9.17) is 4.74 Å². The monoisotopic (exact) mass is 283 g/mol. The van der Waals surface area contributed by atoms with Gasteiger partial charge < -0.3 is 9.30 Å². The molecule has 1 saturated heterocycles. The van der Waals surface area contributed by atoms with Crippen LogP contribution in [0.5, 0.6) is 0 Å². The average molecular weight is 283 g/mol. The zero-order valence-corrected chi connectivity index (χ0v) is 11.4. The predicted molar refractivity (Wildman–Crippen MR) is 77.4 cm³/mol. The molecular formula is C16H14FN3O. The van der Waals surface area contributed by atoms with Crippen molar-refractivity contribution in [2.75, 3.05) is 13.2 Å². The van der Waals surface area contributed by atoms with Crippen LogP contribution in [0.3, 0.4) is 0 Å². The molecule has 0 aliphatic carbocycles. The van der Waals surface area contributed by atoms with E-state index in [2.05, 4.69) is 14.5 Å². The molecule has 2 aromatic heterocycles. The number of imidazole rings is 1. The Balaban J connectivity index is 1.97. The van der Waals surface area contributed by atoms with Gasteiger partial charge in [0.25, 0.3) is 0 Å². The lowest BCUT2D eigenvalue weighted by Gasteiger charge is -2.14. The largest absolute Gasteiger partial charge is 0.379 e. The molecule has 1 atom stereocenters. The van der Waals surface area contributed by atoms with Crippen molar-refractivity contribution >= 4 is 11.2 Å². The Hall–Kier alpha value is -2.27. The normalized spacial score (nSPS) is 18.4. The van der Waals surface area contributed by atoms with Crippen molar-refractivity contribution in [2.45, 2.75) is 12.5 Å². The maximum atomic E-state index is 13.5. The summed E-state index contributed by atoms with van der Waals surface area (Å²) in [6.07, 6.45) is 2.68. The summed E-state index contributed by atoms with van der Waals surface area (Å²) in [6.45, 7) is 1.38. The van der Waals surface area contributed by atoms with Crippen LogP contribution < -0.4 is 0 Å². The number of ether oxygens (including phenoxy) is 1. The van der Waals surface area contributed by atoms with E-state index in [0.717, 1.165) is 35.6 Å². The second kappa shape index (κ2) is 4.93. The van der Waals surface area contributed by atoms with Gasteiger partial charge in [-0.05, 0) is 30.7 Å². The molecule has 106 valence electrons.